The highest BCUT2D eigenvalue weighted by Crippen LogP contribution is 2.45. The van der Waals surface area contributed by atoms with Gasteiger partial charge in [0.25, 0.3) is 5.91 Å². The van der Waals surface area contributed by atoms with Crippen molar-refractivity contribution in [2.75, 3.05) is 45.8 Å². The molecule has 1 amide bonds. The van der Waals surface area contributed by atoms with E-state index in [1.54, 1.807) is 44.6 Å². The van der Waals surface area contributed by atoms with Crippen molar-refractivity contribution < 1.29 is 43.2 Å². The van der Waals surface area contributed by atoms with Gasteiger partial charge in [-0.25, -0.2) is 4.79 Å². The number of hydrogen-bond donors (Lipinski definition) is 2. The number of aliphatic carboxylic acids is 1. The molecule has 0 aliphatic carbocycles. The molecule has 14 heteroatoms. The number of carboxylic acid groups (broad SMARTS) is 1. The number of methoxy groups -OCH3 is 2. The molecule has 0 bridgehead atoms. The van der Waals surface area contributed by atoms with Crippen LogP contribution >= 0.6 is 0 Å². The summed E-state index contributed by atoms with van der Waals surface area (Å²) in [6.45, 7) is 9.84. The summed E-state index contributed by atoms with van der Waals surface area (Å²) in [6.07, 6.45) is -1.78. The highest BCUT2D eigenvalue weighted by atomic mass is 16.6. The van der Waals surface area contributed by atoms with E-state index in [1.165, 1.54) is 36.5 Å². The fourth-order valence-electron chi connectivity index (χ4n) is 7.01. The second kappa shape index (κ2) is 22.3. The Morgan fingerprint density at radius 3 is 1.82 bits per heavy atom. The van der Waals surface area contributed by atoms with Crippen molar-refractivity contribution >= 4 is 23.7 Å². The summed E-state index contributed by atoms with van der Waals surface area (Å²) in [5.74, 6) is -0.943. The number of benzene rings is 4. The minimum absolute atomic E-state index is 0.0573. The lowest BCUT2D eigenvalue weighted by molar-refractivity contribution is -0.155. The Labute approximate surface area is 356 Å². The molecule has 5 aromatic rings. The second-order valence-electron chi connectivity index (χ2n) is 14.0. The molecule has 1 aliphatic heterocycles. The quantitative estimate of drug-likeness (QED) is 0.0691. The number of hydrogen-bond acceptors (Lipinski definition) is 11. The summed E-state index contributed by atoms with van der Waals surface area (Å²) >= 11 is 0. The first kappa shape index (κ1) is 45.7. The molecule has 1 saturated heterocycles. The van der Waals surface area contributed by atoms with Crippen LogP contribution in [0.15, 0.2) is 126 Å². The van der Waals surface area contributed by atoms with Gasteiger partial charge in [0.2, 0.25) is 0 Å². The SMILES string of the molecule is CCN(CC)CC.COc1ccc(C(O[C@H]2C[C@H](n3ccc(NC(=O)c4ccccc4)nc3=O)O[C@@H]2COC(=O)CCC(=O)O)(c2ccccc2)c2ccc(OC)cc2)cc1. The van der Waals surface area contributed by atoms with E-state index >= 15 is 0 Å². The zero-order valence-electron chi connectivity index (χ0n) is 35.2. The highest BCUT2D eigenvalue weighted by molar-refractivity contribution is 6.03. The van der Waals surface area contributed by atoms with Crippen LogP contribution in [0.1, 0.15) is 73.3 Å². The Kier molecular flexibility index (Phi) is 16.7. The predicted octanol–water partition coefficient (Wildman–Crippen LogP) is 6.93. The van der Waals surface area contributed by atoms with E-state index in [0.29, 0.717) is 17.1 Å². The molecule has 0 spiro atoms. The van der Waals surface area contributed by atoms with Crippen molar-refractivity contribution in [2.45, 2.75) is 64.1 Å². The molecular weight excluding hydrogens is 781 g/mol. The number of carboxylic acids is 1. The number of esters is 1. The van der Waals surface area contributed by atoms with E-state index in [9.17, 15) is 19.2 Å². The van der Waals surface area contributed by atoms with Gasteiger partial charge in [0.1, 0.15) is 41.9 Å². The number of rotatable bonds is 18. The number of carbonyl (C=O) groups is 3. The highest BCUT2D eigenvalue weighted by Gasteiger charge is 2.47. The smallest absolute Gasteiger partial charge is 0.351 e. The first-order valence-corrected chi connectivity index (χ1v) is 20.3. The van der Waals surface area contributed by atoms with E-state index in [1.807, 2.05) is 78.9 Å². The van der Waals surface area contributed by atoms with Gasteiger partial charge in [-0.1, -0.05) is 93.6 Å². The van der Waals surface area contributed by atoms with Gasteiger partial charge in [-0.2, -0.15) is 4.98 Å². The van der Waals surface area contributed by atoms with Crippen molar-refractivity contribution in [3.05, 3.63) is 154 Å². The van der Waals surface area contributed by atoms with Crippen LogP contribution in [0.2, 0.25) is 0 Å². The number of amides is 1. The molecule has 2 N–H and O–H groups in total. The molecule has 1 fully saturated rings. The van der Waals surface area contributed by atoms with Gasteiger partial charge in [0.15, 0.2) is 0 Å². The summed E-state index contributed by atoms with van der Waals surface area (Å²) in [5, 5.41) is 11.7. The van der Waals surface area contributed by atoms with Gasteiger partial charge in [-0.15, -0.1) is 0 Å². The van der Waals surface area contributed by atoms with Gasteiger partial charge >= 0.3 is 17.6 Å². The van der Waals surface area contributed by atoms with Crippen LogP contribution in [0.5, 0.6) is 11.5 Å². The Balaban J connectivity index is 0.000000925. The molecule has 1 aromatic heterocycles. The summed E-state index contributed by atoms with van der Waals surface area (Å²) in [4.78, 5) is 56.4. The van der Waals surface area contributed by atoms with Crippen LogP contribution in [-0.4, -0.2) is 90.1 Å². The molecule has 322 valence electrons. The largest absolute Gasteiger partial charge is 0.497 e. The number of aromatic nitrogens is 2. The predicted molar refractivity (Wildman–Crippen MR) is 230 cm³/mol. The average Bonchev–Trinajstić information content (AvgIpc) is 3.70. The van der Waals surface area contributed by atoms with Gasteiger partial charge in [0.05, 0.1) is 33.2 Å². The number of nitrogens with one attached hydrogen (secondary N) is 1. The zero-order chi connectivity index (χ0) is 43.8. The maximum Gasteiger partial charge on any atom is 0.351 e. The van der Waals surface area contributed by atoms with Crippen LogP contribution < -0.4 is 20.5 Å². The fraction of sp³-hybridized carbons (Fsp3) is 0.340. The van der Waals surface area contributed by atoms with Gasteiger partial charge < -0.3 is 39.0 Å². The van der Waals surface area contributed by atoms with Gasteiger partial charge in [0, 0.05) is 18.2 Å². The third kappa shape index (κ3) is 11.9. The van der Waals surface area contributed by atoms with Crippen LogP contribution in [0.3, 0.4) is 0 Å². The Hall–Kier alpha value is -6.35. The Bertz CT molecular complexity index is 2160. The Morgan fingerprint density at radius 2 is 1.33 bits per heavy atom. The van der Waals surface area contributed by atoms with E-state index in [4.69, 9.17) is 28.8 Å². The molecule has 0 unspecified atom stereocenters. The lowest BCUT2D eigenvalue weighted by atomic mass is 9.79. The van der Waals surface area contributed by atoms with Crippen molar-refractivity contribution in [3.8, 4) is 11.5 Å². The standard InChI is InChI=1S/C41H39N3O10.C6H15N/c1-50-31-17-13-29(14-18-31)41(28-11-7-4-8-12-28,30-15-19-32(51-2)20-16-30)54-33-25-36(53-34(33)26-52-38(47)22-21-37(45)46)44-24-23-35(43-40(44)49)42-39(48)27-9-5-3-6-10-27;1-4-7(5-2)6-3/h3-20,23-24,33-34,36H,21-22,25-26H2,1-2H3,(H,45,46)(H,42,43,48,49);4-6H2,1-3H3/t33-,34+,36+;/m0./s1. The van der Waals surface area contributed by atoms with Crippen molar-refractivity contribution in [2.24, 2.45) is 0 Å². The summed E-state index contributed by atoms with van der Waals surface area (Å²) in [5.41, 5.74) is 0.708. The van der Waals surface area contributed by atoms with Gasteiger partial charge in [-0.3, -0.25) is 19.0 Å². The first-order valence-electron chi connectivity index (χ1n) is 20.3. The molecule has 4 aromatic carbocycles. The second-order valence-corrected chi connectivity index (χ2v) is 14.0. The maximum atomic E-state index is 13.5. The average molecular weight is 835 g/mol. The van der Waals surface area contributed by atoms with Gasteiger partial charge in [-0.05, 0) is 78.8 Å². The fourth-order valence-corrected chi connectivity index (χ4v) is 7.01. The molecule has 6 rings (SSSR count). The molecule has 14 nitrogen and oxygen atoms in total. The molecule has 61 heavy (non-hydrogen) atoms. The van der Waals surface area contributed by atoms with E-state index in [2.05, 4.69) is 36.0 Å². The Morgan fingerprint density at radius 1 is 0.787 bits per heavy atom. The lowest BCUT2D eigenvalue weighted by Crippen LogP contribution is -2.41. The summed E-state index contributed by atoms with van der Waals surface area (Å²) in [7, 11) is 3.16. The zero-order valence-corrected chi connectivity index (χ0v) is 35.2. The molecule has 0 radical (unpaired) electrons. The minimum Gasteiger partial charge on any atom is -0.497 e. The molecule has 1 aliphatic rings. The third-order valence-electron chi connectivity index (χ3n) is 10.4. The van der Waals surface area contributed by atoms with Crippen LogP contribution in [0.4, 0.5) is 5.82 Å². The topological polar surface area (TPSA) is 168 Å². The number of carbonyl (C=O) groups excluding carboxylic acids is 2. The lowest BCUT2D eigenvalue weighted by Gasteiger charge is -2.39. The van der Waals surface area contributed by atoms with Crippen molar-refractivity contribution in [1.29, 1.82) is 0 Å². The maximum absolute atomic E-state index is 13.5. The third-order valence-corrected chi connectivity index (χ3v) is 10.4. The molecule has 3 atom stereocenters. The van der Waals surface area contributed by atoms with Crippen LogP contribution in [0, 0.1) is 0 Å². The molecular formula is C47H54N4O10. The number of ether oxygens (including phenoxy) is 5. The number of nitrogens with zero attached hydrogens (tertiary/aromatic N) is 3. The van der Waals surface area contributed by atoms with E-state index < -0.39 is 54.0 Å². The first-order chi connectivity index (χ1) is 29.5. The van der Waals surface area contributed by atoms with Crippen molar-refractivity contribution in [1.82, 2.24) is 14.5 Å². The molecule has 2 heterocycles. The minimum atomic E-state index is -1.27. The van der Waals surface area contributed by atoms with Crippen molar-refractivity contribution in [3.63, 3.8) is 0 Å². The van der Waals surface area contributed by atoms with Crippen LogP contribution in [-0.2, 0) is 29.4 Å². The monoisotopic (exact) mass is 834 g/mol. The normalized spacial score (nSPS) is 15.9. The number of anilines is 1. The van der Waals surface area contributed by atoms with E-state index in [-0.39, 0.29) is 25.3 Å². The van der Waals surface area contributed by atoms with E-state index in [0.717, 1.165) is 16.7 Å². The summed E-state index contributed by atoms with van der Waals surface area (Å²) in [6, 6.07) is 34.6. The molecule has 0 saturated carbocycles. The van der Waals surface area contributed by atoms with Crippen LogP contribution in [0.25, 0.3) is 0 Å². The summed E-state index contributed by atoms with van der Waals surface area (Å²) < 4.78 is 31.4.